The minimum absolute atomic E-state index is 0.0481. The number of carbonyl (C=O) groups is 1. The number of halogens is 5. The molecule has 0 aromatic heterocycles. The topological polar surface area (TPSA) is 50.7 Å². The highest BCUT2D eigenvalue weighted by Gasteiger charge is 2.34. The molecule has 0 bridgehead atoms. The fraction of sp³-hybridized carbons (Fsp3) is 0.0833. The second-order valence-corrected chi connectivity index (χ2v) is 9.03. The van der Waals surface area contributed by atoms with Gasteiger partial charge in [-0.1, -0.05) is 47.5 Å². The van der Waals surface area contributed by atoms with Crippen molar-refractivity contribution in [3.05, 3.63) is 98.4 Å². The molecule has 0 spiro atoms. The lowest BCUT2D eigenvalue weighted by Crippen LogP contribution is -2.19. The van der Waals surface area contributed by atoms with Crippen LogP contribution in [0.1, 0.15) is 16.7 Å². The molecule has 3 aromatic rings. The first kappa shape index (κ1) is 24.2. The molecule has 1 amide bonds. The molecule has 1 aliphatic rings. The van der Waals surface area contributed by atoms with Crippen LogP contribution in [0.25, 0.3) is 6.08 Å². The number of thioether (sulfide) groups is 1. The number of aliphatic imine (C=N–C) groups is 1. The van der Waals surface area contributed by atoms with Crippen molar-refractivity contribution in [2.24, 2.45) is 4.99 Å². The van der Waals surface area contributed by atoms with Gasteiger partial charge in [-0.2, -0.15) is 13.2 Å². The number of rotatable bonds is 5. The average molecular weight is 523 g/mol. The Labute approximate surface area is 207 Å². The number of hydrogen-bond acceptors (Lipinski definition) is 4. The molecule has 1 saturated heterocycles. The lowest BCUT2D eigenvalue weighted by atomic mass is 10.2. The molecule has 0 radical (unpaired) electrons. The molecular weight excluding hydrogens is 508 g/mol. The van der Waals surface area contributed by atoms with Crippen molar-refractivity contribution in [1.82, 2.24) is 5.32 Å². The van der Waals surface area contributed by atoms with Crippen molar-refractivity contribution in [3.8, 4) is 5.75 Å². The van der Waals surface area contributed by atoms with E-state index in [0.717, 1.165) is 35.0 Å². The van der Waals surface area contributed by atoms with Gasteiger partial charge in [-0.15, -0.1) is 0 Å². The minimum Gasteiger partial charge on any atom is -0.489 e. The van der Waals surface area contributed by atoms with E-state index in [0.29, 0.717) is 22.3 Å². The van der Waals surface area contributed by atoms with E-state index in [9.17, 15) is 18.0 Å². The number of amidine groups is 1. The van der Waals surface area contributed by atoms with Gasteiger partial charge < -0.3 is 10.1 Å². The summed E-state index contributed by atoms with van der Waals surface area (Å²) >= 11 is 12.5. The summed E-state index contributed by atoms with van der Waals surface area (Å²) in [5, 5.41) is 3.13. The molecular formula is C24H15Cl2F3N2O2S. The first-order valence-corrected chi connectivity index (χ1v) is 11.4. The second kappa shape index (κ2) is 10.1. The van der Waals surface area contributed by atoms with Crippen molar-refractivity contribution in [3.63, 3.8) is 0 Å². The van der Waals surface area contributed by atoms with Crippen LogP contribution in [0.3, 0.4) is 0 Å². The van der Waals surface area contributed by atoms with Crippen LogP contribution in [-0.4, -0.2) is 11.1 Å². The molecule has 0 unspecified atom stereocenters. The standard InChI is InChI=1S/C24H15Cl2F3N2O2S/c25-16-5-1-15(2-6-16)13-33-18-8-3-14(4-9-18)11-21-22(32)31-23(34-21)30-20-10-7-17(26)12-19(20)24(27,28)29/h1-12H,13H2,(H,30,31,32). The summed E-state index contributed by atoms with van der Waals surface area (Å²) < 4.78 is 45.6. The quantitative estimate of drug-likeness (QED) is 0.353. The first-order chi connectivity index (χ1) is 16.2. The second-order valence-electron chi connectivity index (χ2n) is 7.13. The molecule has 1 N–H and O–H groups in total. The van der Waals surface area contributed by atoms with E-state index in [2.05, 4.69) is 10.3 Å². The molecule has 4 nitrogen and oxygen atoms in total. The molecule has 1 aliphatic heterocycles. The number of carbonyl (C=O) groups excluding carboxylic acids is 1. The molecule has 0 atom stereocenters. The molecule has 0 saturated carbocycles. The monoisotopic (exact) mass is 522 g/mol. The van der Waals surface area contributed by atoms with Gasteiger partial charge in [-0.25, -0.2) is 4.99 Å². The predicted octanol–water partition coefficient (Wildman–Crippen LogP) is 7.48. The van der Waals surface area contributed by atoms with E-state index < -0.39 is 17.6 Å². The van der Waals surface area contributed by atoms with Crippen LogP contribution in [-0.2, 0) is 17.6 Å². The maximum Gasteiger partial charge on any atom is 0.418 e. The number of hydrogen-bond donors (Lipinski definition) is 1. The molecule has 34 heavy (non-hydrogen) atoms. The zero-order valence-corrected chi connectivity index (χ0v) is 19.5. The maximum absolute atomic E-state index is 13.3. The van der Waals surface area contributed by atoms with Crippen molar-refractivity contribution in [2.45, 2.75) is 12.8 Å². The highest BCUT2D eigenvalue weighted by Crippen LogP contribution is 2.39. The summed E-state index contributed by atoms with van der Waals surface area (Å²) in [6.45, 7) is 0.375. The summed E-state index contributed by atoms with van der Waals surface area (Å²) in [6, 6.07) is 17.7. The van der Waals surface area contributed by atoms with E-state index in [1.807, 2.05) is 12.1 Å². The normalized spacial score (nSPS) is 16.2. The predicted molar refractivity (Wildman–Crippen MR) is 129 cm³/mol. The molecule has 4 rings (SSSR count). The molecule has 3 aromatic carbocycles. The summed E-state index contributed by atoms with van der Waals surface area (Å²) in [5.74, 6) is 0.194. The Bertz CT molecular complexity index is 1270. The Hall–Kier alpha value is -2.94. The fourth-order valence-electron chi connectivity index (χ4n) is 2.98. The van der Waals surface area contributed by atoms with Crippen molar-refractivity contribution < 1.29 is 22.7 Å². The first-order valence-electron chi connectivity index (χ1n) is 9.81. The molecule has 1 heterocycles. The van der Waals surface area contributed by atoms with Gasteiger partial charge in [0.2, 0.25) is 0 Å². The van der Waals surface area contributed by atoms with E-state index >= 15 is 0 Å². The zero-order valence-electron chi connectivity index (χ0n) is 17.2. The number of alkyl halides is 3. The highest BCUT2D eigenvalue weighted by atomic mass is 35.5. The van der Waals surface area contributed by atoms with Gasteiger partial charge in [-0.05, 0) is 71.4 Å². The largest absolute Gasteiger partial charge is 0.489 e. The molecule has 1 fully saturated rings. The third-order valence-electron chi connectivity index (χ3n) is 4.63. The Kier molecular flexibility index (Phi) is 7.21. The van der Waals surface area contributed by atoms with Crippen LogP contribution in [0.2, 0.25) is 10.0 Å². The third-order valence-corrected chi connectivity index (χ3v) is 6.03. The summed E-state index contributed by atoms with van der Waals surface area (Å²) in [7, 11) is 0. The van der Waals surface area contributed by atoms with Crippen LogP contribution in [0.4, 0.5) is 18.9 Å². The summed E-state index contributed by atoms with van der Waals surface area (Å²) in [4.78, 5) is 16.6. The SMILES string of the molecule is O=C1NC(=Nc2ccc(Cl)cc2C(F)(F)F)SC1=Cc1ccc(OCc2ccc(Cl)cc2)cc1. The van der Waals surface area contributed by atoms with E-state index in [1.54, 1.807) is 42.5 Å². The zero-order chi connectivity index (χ0) is 24.3. The lowest BCUT2D eigenvalue weighted by molar-refractivity contribution is -0.137. The van der Waals surface area contributed by atoms with Gasteiger partial charge in [0.1, 0.15) is 12.4 Å². The van der Waals surface area contributed by atoms with E-state index in [-0.39, 0.29) is 15.9 Å². The van der Waals surface area contributed by atoms with Gasteiger partial charge >= 0.3 is 6.18 Å². The van der Waals surface area contributed by atoms with Gasteiger partial charge in [0.05, 0.1) is 16.2 Å². The Morgan fingerprint density at radius 3 is 2.32 bits per heavy atom. The smallest absolute Gasteiger partial charge is 0.418 e. The third kappa shape index (κ3) is 6.14. The summed E-state index contributed by atoms with van der Waals surface area (Å²) in [5.41, 5.74) is 0.383. The number of ether oxygens (including phenoxy) is 1. The van der Waals surface area contributed by atoms with Crippen LogP contribution < -0.4 is 10.1 Å². The average Bonchev–Trinajstić information content (AvgIpc) is 3.13. The fourth-order valence-corrected chi connectivity index (χ4v) is 4.11. The van der Waals surface area contributed by atoms with Gasteiger partial charge in [-0.3, -0.25) is 4.79 Å². The minimum atomic E-state index is -4.63. The van der Waals surface area contributed by atoms with Gasteiger partial charge in [0.15, 0.2) is 5.17 Å². The van der Waals surface area contributed by atoms with Gasteiger partial charge in [0, 0.05) is 10.0 Å². The number of amides is 1. The van der Waals surface area contributed by atoms with Crippen molar-refractivity contribution in [1.29, 1.82) is 0 Å². The lowest BCUT2D eigenvalue weighted by Gasteiger charge is -2.10. The van der Waals surface area contributed by atoms with Crippen LogP contribution in [0, 0.1) is 0 Å². The van der Waals surface area contributed by atoms with E-state index in [4.69, 9.17) is 27.9 Å². The summed E-state index contributed by atoms with van der Waals surface area (Å²) in [6.07, 6.45) is -3.01. The van der Waals surface area contributed by atoms with Gasteiger partial charge in [0.25, 0.3) is 5.91 Å². The number of benzene rings is 3. The van der Waals surface area contributed by atoms with Crippen molar-refractivity contribution >= 4 is 57.8 Å². The Morgan fingerprint density at radius 1 is 0.971 bits per heavy atom. The van der Waals surface area contributed by atoms with Crippen LogP contribution in [0.5, 0.6) is 5.75 Å². The Balaban J connectivity index is 1.45. The van der Waals surface area contributed by atoms with E-state index in [1.165, 1.54) is 6.07 Å². The Morgan fingerprint density at radius 2 is 1.65 bits per heavy atom. The maximum atomic E-state index is 13.3. The number of nitrogens with one attached hydrogen (secondary N) is 1. The molecule has 0 aliphatic carbocycles. The van der Waals surface area contributed by atoms with Crippen LogP contribution in [0.15, 0.2) is 76.6 Å². The number of nitrogens with zero attached hydrogens (tertiary/aromatic N) is 1. The van der Waals surface area contributed by atoms with Crippen LogP contribution >= 0.6 is 35.0 Å². The molecule has 10 heteroatoms. The van der Waals surface area contributed by atoms with Crippen molar-refractivity contribution in [2.75, 3.05) is 0 Å². The molecule has 174 valence electrons. The highest BCUT2D eigenvalue weighted by molar-refractivity contribution is 8.18.